The summed E-state index contributed by atoms with van der Waals surface area (Å²) in [6.45, 7) is 4.02. The molecule has 6 heteroatoms. The Bertz CT molecular complexity index is 769. The van der Waals surface area contributed by atoms with Crippen LogP contribution in [0.2, 0.25) is 0 Å². The number of aromatic nitrogens is 3. The van der Waals surface area contributed by atoms with E-state index in [-0.39, 0.29) is 5.56 Å². The van der Waals surface area contributed by atoms with Gasteiger partial charge in [-0.1, -0.05) is 11.3 Å². The number of fused-ring (bicyclic) bond motifs is 1. The highest BCUT2D eigenvalue weighted by Crippen LogP contribution is 2.26. The highest BCUT2D eigenvalue weighted by Gasteiger charge is 2.12. The number of hydrogen-bond donors (Lipinski definition) is 1. The highest BCUT2D eigenvalue weighted by atomic mass is 32.1. The van der Waals surface area contributed by atoms with Crippen LogP contribution in [0.5, 0.6) is 0 Å². The lowest BCUT2D eigenvalue weighted by molar-refractivity contribution is 0.0696. The normalized spacial score (nSPS) is 11.1. The number of hydrogen-bond acceptors (Lipinski definition) is 4. The molecule has 0 saturated carbocycles. The highest BCUT2D eigenvalue weighted by molar-refractivity contribution is 7.20. The van der Waals surface area contributed by atoms with E-state index in [1.807, 2.05) is 30.5 Å². The van der Waals surface area contributed by atoms with Crippen molar-refractivity contribution in [2.45, 2.75) is 13.8 Å². The molecule has 1 N–H and O–H groups in total. The summed E-state index contributed by atoms with van der Waals surface area (Å²) in [5.74, 6) is -0.974. The Labute approximate surface area is 113 Å². The summed E-state index contributed by atoms with van der Waals surface area (Å²) in [4.78, 5) is 19.5. The third kappa shape index (κ3) is 1.90. The van der Waals surface area contributed by atoms with Gasteiger partial charge in [0.2, 0.25) is 0 Å². The second-order valence-electron chi connectivity index (χ2n) is 4.30. The van der Waals surface area contributed by atoms with Gasteiger partial charge in [-0.2, -0.15) is 4.98 Å². The van der Waals surface area contributed by atoms with Crippen LogP contribution in [0.25, 0.3) is 15.5 Å². The maximum absolute atomic E-state index is 10.9. The topological polar surface area (TPSA) is 68.0 Å². The van der Waals surface area contributed by atoms with Crippen molar-refractivity contribution in [1.82, 2.24) is 14.5 Å². The van der Waals surface area contributed by atoms with Crippen LogP contribution in [0.3, 0.4) is 0 Å². The molecule has 19 heavy (non-hydrogen) atoms. The Hall–Kier alpha value is -2.21. The first-order chi connectivity index (χ1) is 9.06. The summed E-state index contributed by atoms with van der Waals surface area (Å²) in [6.07, 6.45) is 1.34. The van der Waals surface area contributed by atoms with Gasteiger partial charge in [0.05, 0.1) is 10.3 Å². The lowest BCUT2D eigenvalue weighted by Crippen LogP contribution is -1.97. The van der Waals surface area contributed by atoms with Gasteiger partial charge in [0, 0.05) is 17.6 Å². The minimum absolute atomic E-state index is 0.184. The number of aryl methyl sites for hydroxylation is 2. The predicted octanol–water partition coefficient (Wildman–Crippen LogP) is 2.80. The number of carboxylic acid groups (broad SMARTS) is 1. The Kier molecular flexibility index (Phi) is 2.60. The van der Waals surface area contributed by atoms with Crippen molar-refractivity contribution < 1.29 is 9.90 Å². The Balaban J connectivity index is 2.19. The van der Waals surface area contributed by atoms with Crippen LogP contribution in [-0.2, 0) is 0 Å². The van der Waals surface area contributed by atoms with Gasteiger partial charge < -0.3 is 5.11 Å². The van der Waals surface area contributed by atoms with Gasteiger partial charge in [-0.05, 0) is 32.0 Å². The number of rotatable bonds is 2. The molecule has 3 aromatic heterocycles. The molecular formula is C13H11N3O2S. The van der Waals surface area contributed by atoms with E-state index in [1.54, 1.807) is 6.07 Å². The third-order valence-electron chi connectivity index (χ3n) is 2.95. The van der Waals surface area contributed by atoms with Gasteiger partial charge in [-0.3, -0.25) is 4.57 Å². The summed E-state index contributed by atoms with van der Waals surface area (Å²) in [6, 6.07) is 5.66. The summed E-state index contributed by atoms with van der Waals surface area (Å²) in [7, 11) is 0. The molecule has 0 aromatic carbocycles. The van der Waals surface area contributed by atoms with Crippen LogP contribution >= 0.6 is 11.3 Å². The van der Waals surface area contributed by atoms with Crippen molar-refractivity contribution in [3.8, 4) is 5.13 Å². The number of carboxylic acids is 1. The van der Waals surface area contributed by atoms with Crippen molar-refractivity contribution in [1.29, 1.82) is 0 Å². The summed E-state index contributed by atoms with van der Waals surface area (Å²) in [5.41, 5.74) is 2.95. The molecule has 3 heterocycles. The lowest BCUT2D eigenvalue weighted by atomic mass is 10.3. The smallest absolute Gasteiger partial charge is 0.337 e. The van der Waals surface area contributed by atoms with Gasteiger partial charge in [0.25, 0.3) is 0 Å². The van der Waals surface area contributed by atoms with Crippen LogP contribution < -0.4 is 0 Å². The molecule has 0 spiro atoms. The fourth-order valence-electron chi connectivity index (χ4n) is 1.99. The van der Waals surface area contributed by atoms with Gasteiger partial charge in [0.15, 0.2) is 10.8 Å². The van der Waals surface area contributed by atoms with Gasteiger partial charge in [-0.15, -0.1) is 0 Å². The van der Waals surface area contributed by atoms with Crippen LogP contribution in [0.15, 0.2) is 24.4 Å². The van der Waals surface area contributed by atoms with Crippen molar-refractivity contribution >= 4 is 27.7 Å². The third-order valence-corrected chi connectivity index (χ3v) is 3.92. The number of pyridine rings is 1. The molecule has 3 aromatic rings. The zero-order valence-electron chi connectivity index (χ0n) is 10.4. The average Bonchev–Trinajstić information content (AvgIpc) is 2.91. The molecule has 0 amide bonds. The monoisotopic (exact) mass is 273 g/mol. The van der Waals surface area contributed by atoms with E-state index < -0.39 is 5.97 Å². The van der Waals surface area contributed by atoms with E-state index in [0.717, 1.165) is 21.2 Å². The molecule has 5 nitrogen and oxygen atoms in total. The van der Waals surface area contributed by atoms with E-state index in [0.29, 0.717) is 5.65 Å². The van der Waals surface area contributed by atoms with Crippen LogP contribution in [0.1, 0.15) is 21.7 Å². The average molecular weight is 273 g/mol. The Morgan fingerprint density at radius 1 is 1.32 bits per heavy atom. The molecular weight excluding hydrogens is 262 g/mol. The van der Waals surface area contributed by atoms with E-state index in [1.165, 1.54) is 17.5 Å². The van der Waals surface area contributed by atoms with Crippen molar-refractivity contribution in [3.63, 3.8) is 0 Å². The predicted molar refractivity (Wildman–Crippen MR) is 73.2 cm³/mol. The first-order valence-electron chi connectivity index (χ1n) is 5.71. The Morgan fingerprint density at radius 3 is 2.63 bits per heavy atom. The second kappa shape index (κ2) is 4.17. The van der Waals surface area contributed by atoms with E-state index >= 15 is 0 Å². The molecule has 0 bridgehead atoms. The van der Waals surface area contributed by atoms with Crippen LogP contribution in [0.4, 0.5) is 0 Å². The second-order valence-corrected chi connectivity index (χ2v) is 5.31. The Morgan fingerprint density at radius 2 is 2.00 bits per heavy atom. The quantitative estimate of drug-likeness (QED) is 0.779. The number of nitrogens with zero attached hydrogens (tertiary/aromatic N) is 3. The maximum Gasteiger partial charge on any atom is 0.337 e. The van der Waals surface area contributed by atoms with Crippen molar-refractivity contribution in [2.24, 2.45) is 0 Å². The molecule has 3 rings (SSSR count). The van der Waals surface area contributed by atoms with Gasteiger partial charge in [0.1, 0.15) is 0 Å². The summed E-state index contributed by atoms with van der Waals surface area (Å²) in [5, 5.41) is 9.77. The molecule has 0 aliphatic carbocycles. The largest absolute Gasteiger partial charge is 0.478 e. The molecule has 0 unspecified atom stereocenters. The standard InChI is InChI=1S/C13H11N3O2S/c1-7-3-4-8(2)16(7)13-15-11-10(19-13)5-9(6-14-11)12(17)18/h3-6H,1-2H3,(H,17,18). The van der Waals surface area contributed by atoms with Crippen molar-refractivity contribution in [2.75, 3.05) is 0 Å². The number of carbonyl (C=O) groups is 1. The molecule has 0 radical (unpaired) electrons. The summed E-state index contributed by atoms with van der Waals surface area (Å²) >= 11 is 1.44. The van der Waals surface area contributed by atoms with E-state index in [9.17, 15) is 4.79 Å². The molecule has 0 aliphatic rings. The minimum atomic E-state index is -0.974. The molecule has 0 fully saturated rings. The summed E-state index contributed by atoms with van der Waals surface area (Å²) < 4.78 is 2.81. The molecule has 0 atom stereocenters. The van der Waals surface area contributed by atoms with Crippen LogP contribution in [-0.4, -0.2) is 25.6 Å². The first kappa shape index (κ1) is 11.9. The fraction of sp³-hybridized carbons (Fsp3) is 0.154. The first-order valence-corrected chi connectivity index (χ1v) is 6.53. The minimum Gasteiger partial charge on any atom is -0.478 e. The zero-order chi connectivity index (χ0) is 13.6. The SMILES string of the molecule is Cc1ccc(C)n1-c1nc2ncc(C(=O)O)cc2s1. The van der Waals surface area contributed by atoms with E-state index in [4.69, 9.17) is 5.11 Å². The van der Waals surface area contributed by atoms with Crippen LogP contribution in [0, 0.1) is 13.8 Å². The zero-order valence-corrected chi connectivity index (χ0v) is 11.2. The number of aromatic carboxylic acids is 1. The fourth-order valence-corrected chi connectivity index (χ4v) is 3.07. The molecule has 0 saturated heterocycles. The maximum atomic E-state index is 10.9. The van der Waals surface area contributed by atoms with E-state index in [2.05, 4.69) is 9.97 Å². The van der Waals surface area contributed by atoms with Gasteiger partial charge >= 0.3 is 5.97 Å². The molecule has 0 aliphatic heterocycles. The molecule has 96 valence electrons. The van der Waals surface area contributed by atoms with Gasteiger partial charge in [-0.25, -0.2) is 9.78 Å². The van der Waals surface area contributed by atoms with Crippen molar-refractivity contribution in [3.05, 3.63) is 41.3 Å². The number of thiazole rings is 1. The lowest BCUT2D eigenvalue weighted by Gasteiger charge is -2.03.